The van der Waals surface area contributed by atoms with Gasteiger partial charge in [0.25, 0.3) is 0 Å². The summed E-state index contributed by atoms with van der Waals surface area (Å²) in [5.74, 6) is -0.379. The second-order valence-electron chi connectivity index (χ2n) is 4.82. The number of ether oxygens (including phenoxy) is 1. The number of carbonyl (C=O) groups is 1. The summed E-state index contributed by atoms with van der Waals surface area (Å²) in [5, 5.41) is 0. The third-order valence-electron chi connectivity index (χ3n) is 3.36. The number of alkyl halides is 3. The lowest BCUT2D eigenvalue weighted by atomic mass is 9.96. The van der Waals surface area contributed by atoms with Gasteiger partial charge in [-0.1, -0.05) is 37.8 Å². The molecule has 0 bridgehead atoms. The van der Waals surface area contributed by atoms with Crippen molar-refractivity contribution in [2.24, 2.45) is 5.92 Å². The summed E-state index contributed by atoms with van der Waals surface area (Å²) in [5.41, 5.74) is 0.0201. The number of halogens is 3. The molecule has 1 fully saturated rings. The van der Waals surface area contributed by atoms with Crippen LogP contribution in [-0.2, 0) is 0 Å². The van der Waals surface area contributed by atoms with E-state index >= 15 is 0 Å². The maximum atomic E-state index is 12.3. The van der Waals surface area contributed by atoms with Gasteiger partial charge in [-0.15, -0.1) is 13.2 Å². The van der Waals surface area contributed by atoms with Gasteiger partial charge in [-0.25, -0.2) is 0 Å². The Morgan fingerprint density at radius 3 is 2.47 bits per heavy atom. The van der Waals surface area contributed by atoms with E-state index in [0.29, 0.717) is 12.3 Å². The Hall–Kier alpha value is -1.52. The summed E-state index contributed by atoms with van der Waals surface area (Å²) in [6.07, 6.45) is -0.318. The molecule has 0 radical (unpaired) electrons. The molecule has 19 heavy (non-hydrogen) atoms. The third kappa shape index (κ3) is 3.98. The Labute approximate surface area is 109 Å². The Bertz CT molecular complexity index is 448. The monoisotopic (exact) mass is 272 g/mol. The zero-order valence-corrected chi connectivity index (χ0v) is 10.4. The van der Waals surface area contributed by atoms with Crippen LogP contribution < -0.4 is 4.74 Å². The lowest BCUT2D eigenvalue weighted by molar-refractivity contribution is -0.274. The van der Waals surface area contributed by atoms with Crippen molar-refractivity contribution >= 4 is 5.78 Å². The van der Waals surface area contributed by atoms with Gasteiger partial charge in [-0.3, -0.25) is 4.79 Å². The van der Waals surface area contributed by atoms with Crippen LogP contribution in [0.1, 0.15) is 42.5 Å². The molecule has 0 saturated heterocycles. The molecular formula is C14H15F3O2. The molecular weight excluding hydrogens is 257 g/mol. The molecule has 5 heteroatoms. The predicted octanol–water partition coefficient (Wildman–Crippen LogP) is 4.35. The van der Waals surface area contributed by atoms with Crippen LogP contribution in [-0.4, -0.2) is 12.1 Å². The SMILES string of the molecule is O=C(CC1CCCC1)c1ccccc1OC(F)(F)F. The number of hydrogen-bond donors (Lipinski definition) is 0. The van der Waals surface area contributed by atoms with E-state index in [9.17, 15) is 18.0 Å². The minimum absolute atomic E-state index is 0.0201. The molecule has 104 valence electrons. The average Bonchev–Trinajstić information content (AvgIpc) is 2.80. The summed E-state index contributed by atoms with van der Waals surface area (Å²) in [7, 11) is 0. The molecule has 0 N–H and O–H groups in total. The molecule has 0 aliphatic heterocycles. The summed E-state index contributed by atoms with van der Waals surface area (Å²) >= 11 is 0. The zero-order chi connectivity index (χ0) is 13.9. The number of carbonyl (C=O) groups excluding carboxylic acids is 1. The van der Waals surface area contributed by atoms with Crippen LogP contribution >= 0.6 is 0 Å². The van der Waals surface area contributed by atoms with Crippen molar-refractivity contribution in [3.05, 3.63) is 29.8 Å². The second-order valence-corrected chi connectivity index (χ2v) is 4.82. The normalized spacial score (nSPS) is 16.6. The van der Waals surface area contributed by atoms with Crippen LogP contribution in [0.25, 0.3) is 0 Å². The highest BCUT2D eigenvalue weighted by Gasteiger charge is 2.33. The van der Waals surface area contributed by atoms with Crippen LogP contribution in [0.5, 0.6) is 5.75 Å². The number of hydrogen-bond acceptors (Lipinski definition) is 2. The summed E-state index contributed by atoms with van der Waals surface area (Å²) in [6, 6.07) is 5.53. The van der Waals surface area contributed by atoms with Crippen molar-refractivity contribution in [2.45, 2.75) is 38.5 Å². The maximum absolute atomic E-state index is 12.3. The zero-order valence-electron chi connectivity index (χ0n) is 10.4. The van der Waals surface area contributed by atoms with Gasteiger partial charge < -0.3 is 4.74 Å². The van der Waals surface area contributed by atoms with Crippen molar-refractivity contribution in [3.8, 4) is 5.75 Å². The van der Waals surface area contributed by atoms with Gasteiger partial charge in [0.2, 0.25) is 0 Å². The summed E-state index contributed by atoms with van der Waals surface area (Å²) in [4.78, 5) is 12.1. The van der Waals surface area contributed by atoms with Crippen LogP contribution in [0.3, 0.4) is 0 Å². The number of rotatable bonds is 4. The third-order valence-corrected chi connectivity index (χ3v) is 3.36. The van der Waals surface area contributed by atoms with Crippen LogP contribution in [0.4, 0.5) is 13.2 Å². The largest absolute Gasteiger partial charge is 0.573 e. The Kier molecular flexibility index (Phi) is 4.12. The quantitative estimate of drug-likeness (QED) is 0.762. The smallest absolute Gasteiger partial charge is 0.405 e. The molecule has 0 spiro atoms. The first-order valence-corrected chi connectivity index (χ1v) is 6.33. The van der Waals surface area contributed by atoms with Crippen LogP contribution in [0.15, 0.2) is 24.3 Å². The molecule has 2 rings (SSSR count). The van der Waals surface area contributed by atoms with E-state index in [1.165, 1.54) is 18.2 Å². The minimum Gasteiger partial charge on any atom is -0.405 e. The van der Waals surface area contributed by atoms with Gasteiger partial charge in [0, 0.05) is 6.42 Å². The standard InChI is InChI=1S/C14H15F3O2/c15-14(16,17)19-13-8-4-3-7-11(13)12(18)9-10-5-1-2-6-10/h3-4,7-8,10H,1-2,5-6,9H2. The highest BCUT2D eigenvalue weighted by Crippen LogP contribution is 2.32. The molecule has 0 atom stereocenters. The number of Topliss-reactive ketones (excluding diaryl/α,β-unsaturated/α-hetero) is 1. The van der Waals surface area contributed by atoms with Gasteiger partial charge >= 0.3 is 6.36 Å². The molecule has 1 aromatic carbocycles. The van der Waals surface area contributed by atoms with Crippen molar-refractivity contribution < 1.29 is 22.7 Å². The Morgan fingerprint density at radius 2 is 1.84 bits per heavy atom. The van der Waals surface area contributed by atoms with Crippen molar-refractivity contribution in [2.75, 3.05) is 0 Å². The summed E-state index contributed by atoms with van der Waals surface area (Å²) in [6.45, 7) is 0. The fraction of sp³-hybridized carbons (Fsp3) is 0.500. The highest BCUT2D eigenvalue weighted by atomic mass is 19.4. The van der Waals surface area contributed by atoms with E-state index in [1.54, 1.807) is 6.07 Å². The molecule has 0 aromatic heterocycles. The summed E-state index contributed by atoms with van der Waals surface area (Å²) < 4.78 is 40.7. The highest BCUT2D eigenvalue weighted by molar-refractivity contribution is 5.98. The van der Waals surface area contributed by atoms with Gasteiger partial charge in [0.1, 0.15) is 5.75 Å². The van der Waals surface area contributed by atoms with Crippen LogP contribution in [0, 0.1) is 5.92 Å². The predicted molar refractivity (Wildman–Crippen MR) is 64.0 cm³/mol. The van der Waals surface area contributed by atoms with Gasteiger partial charge in [-0.2, -0.15) is 0 Å². The molecule has 2 nitrogen and oxygen atoms in total. The fourth-order valence-electron chi connectivity index (χ4n) is 2.50. The number of benzene rings is 1. The van der Waals surface area contributed by atoms with E-state index < -0.39 is 12.1 Å². The van der Waals surface area contributed by atoms with Gasteiger partial charge in [0.05, 0.1) is 5.56 Å². The molecule has 1 saturated carbocycles. The molecule has 0 amide bonds. The molecule has 0 heterocycles. The van der Waals surface area contributed by atoms with E-state index in [0.717, 1.165) is 25.7 Å². The molecule has 1 aromatic rings. The second kappa shape index (κ2) is 5.63. The van der Waals surface area contributed by atoms with Crippen molar-refractivity contribution in [1.29, 1.82) is 0 Å². The van der Waals surface area contributed by atoms with E-state index in [4.69, 9.17) is 0 Å². The fourth-order valence-corrected chi connectivity index (χ4v) is 2.50. The van der Waals surface area contributed by atoms with Gasteiger partial charge in [-0.05, 0) is 18.1 Å². The molecule has 0 unspecified atom stereocenters. The average molecular weight is 272 g/mol. The maximum Gasteiger partial charge on any atom is 0.573 e. The van der Waals surface area contributed by atoms with Crippen molar-refractivity contribution in [1.82, 2.24) is 0 Å². The topological polar surface area (TPSA) is 26.3 Å². The van der Waals surface area contributed by atoms with Crippen molar-refractivity contribution in [3.63, 3.8) is 0 Å². The molecule has 1 aliphatic rings. The number of para-hydroxylation sites is 1. The lowest BCUT2D eigenvalue weighted by Gasteiger charge is -2.13. The first kappa shape index (κ1) is 13.9. The lowest BCUT2D eigenvalue weighted by Crippen LogP contribution is -2.19. The number of ketones is 1. The minimum atomic E-state index is -4.77. The Morgan fingerprint density at radius 1 is 1.21 bits per heavy atom. The van der Waals surface area contributed by atoms with E-state index in [1.807, 2.05) is 0 Å². The van der Waals surface area contributed by atoms with E-state index in [2.05, 4.69) is 4.74 Å². The molecule has 1 aliphatic carbocycles. The van der Waals surface area contributed by atoms with Gasteiger partial charge in [0.15, 0.2) is 5.78 Å². The first-order chi connectivity index (χ1) is 8.96. The van der Waals surface area contributed by atoms with Crippen LogP contribution in [0.2, 0.25) is 0 Å². The van der Waals surface area contributed by atoms with E-state index in [-0.39, 0.29) is 11.3 Å². The first-order valence-electron chi connectivity index (χ1n) is 6.33. The Balaban J connectivity index is 2.11.